The van der Waals surface area contributed by atoms with E-state index in [9.17, 15) is 18.0 Å². The van der Waals surface area contributed by atoms with Gasteiger partial charge in [-0.15, -0.1) is 0 Å². The highest BCUT2D eigenvalue weighted by Crippen LogP contribution is 2.28. The first-order chi connectivity index (χ1) is 7.91. The number of alkyl halides is 3. The maximum atomic E-state index is 12.3. The summed E-state index contributed by atoms with van der Waals surface area (Å²) in [4.78, 5) is 12.4. The molecule has 1 atom stereocenters. The number of halogens is 3. The van der Waals surface area contributed by atoms with Gasteiger partial charge in [0.1, 0.15) is 6.29 Å². The Hall–Kier alpha value is -0.620. The van der Waals surface area contributed by atoms with E-state index >= 15 is 0 Å². The van der Waals surface area contributed by atoms with E-state index in [1.165, 1.54) is 4.90 Å². The summed E-state index contributed by atoms with van der Waals surface area (Å²) in [5.41, 5.74) is -0.764. The normalized spacial score (nSPS) is 26.2. The molecule has 1 unspecified atom stereocenters. The molecule has 3 nitrogen and oxygen atoms in total. The van der Waals surface area contributed by atoms with Gasteiger partial charge >= 0.3 is 6.18 Å². The van der Waals surface area contributed by atoms with Crippen molar-refractivity contribution in [1.82, 2.24) is 4.90 Å². The molecule has 1 heterocycles. The molecular weight excluding hydrogens is 235 g/mol. The topological polar surface area (TPSA) is 29.5 Å². The second-order valence-corrected chi connectivity index (χ2v) is 4.55. The minimum atomic E-state index is -4.23. The highest BCUT2D eigenvalue weighted by Gasteiger charge is 2.38. The summed E-state index contributed by atoms with van der Waals surface area (Å²) < 4.78 is 42.2. The summed E-state index contributed by atoms with van der Waals surface area (Å²) in [5.74, 6) is 0. The standard InChI is InChI=1S/C11H18F3NO2/c1-2-15(7-11(12,13)14)6-10(8-16)4-3-5-17-9-10/h8H,2-7,9H2,1H3. The fourth-order valence-corrected chi connectivity index (χ4v) is 2.11. The number of aldehydes is 1. The van der Waals surface area contributed by atoms with Crippen LogP contribution in [0.4, 0.5) is 13.2 Å². The lowest BCUT2D eigenvalue weighted by Gasteiger charge is -2.36. The van der Waals surface area contributed by atoms with Gasteiger partial charge in [-0.25, -0.2) is 0 Å². The Balaban J connectivity index is 2.61. The maximum Gasteiger partial charge on any atom is 0.401 e. The number of hydrogen-bond acceptors (Lipinski definition) is 3. The van der Waals surface area contributed by atoms with E-state index in [1.54, 1.807) is 6.92 Å². The van der Waals surface area contributed by atoms with Crippen molar-refractivity contribution in [3.05, 3.63) is 0 Å². The van der Waals surface area contributed by atoms with Crippen LogP contribution >= 0.6 is 0 Å². The molecule has 0 aliphatic carbocycles. The van der Waals surface area contributed by atoms with Gasteiger partial charge in [0.2, 0.25) is 0 Å². The zero-order valence-electron chi connectivity index (χ0n) is 9.92. The van der Waals surface area contributed by atoms with Crippen LogP contribution in [0.1, 0.15) is 19.8 Å². The molecule has 0 bridgehead atoms. The molecule has 1 fully saturated rings. The second-order valence-electron chi connectivity index (χ2n) is 4.55. The first-order valence-corrected chi connectivity index (χ1v) is 5.74. The number of hydrogen-bond donors (Lipinski definition) is 0. The van der Waals surface area contributed by atoms with E-state index in [1.807, 2.05) is 0 Å². The van der Waals surface area contributed by atoms with Crippen molar-refractivity contribution in [2.45, 2.75) is 25.9 Å². The molecule has 0 N–H and O–H groups in total. The average molecular weight is 253 g/mol. The Morgan fingerprint density at radius 3 is 2.59 bits per heavy atom. The maximum absolute atomic E-state index is 12.3. The lowest BCUT2D eigenvalue weighted by atomic mass is 9.83. The molecule has 1 rings (SSSR count). The molecule has 0 aromatic carbocycles. The fraction of sp³-hybridized carbons (Fsp3) is 0.909. The SMILES string of the molecule is CCN(CC(F)(F)F)CC1(C=O)CCCOC1. The summed E-state index contributed by atoms with van der Waals surface area (Å²) >= 11 is 0. The highest BCUT2D eigenvalue weighted by atomic mass is 19.4. The molecule has 1 aliphatic rings. The molecule has 6 heteroatoms. The summed E-state index contributed by atoms with van der Waals surface area (Å²) in [7, 11) is 0. The summed E-state index contributed by atoms with van der Waals surface area (Å²) in [5, 5.41) is 0. The van der Waals surface area contributed by atoms with Gasteiger partial charge in [-0.2, -0.15) is 13.2 Å². The molecule has 0 saturated carbocycles. The van der Waals surface area contributed by atoms with Crippen molar-refractivity contribution < 1.29 is 22.7 Å². The number of rotatable bonds is 5. The molecule has 1 saturated heterocycles. The molecule has 0 radical (unpaired) electrons. The second kappa shape index (κ2) is 5.82. The van der Waals surface area contributed by atoms with Crippen LogP contribution in [-0.2, 0) is 9.53 Å². The zero-order chi connectivity index (χ0) is 12.9. The summed E-state index contributed by atoms with van der Waals surface area (Å²) in [6, 6.07) is 0. The third kappa shape index (κ3) is 4.63. The Kier molecular flexibility index (Phi) is 4.94. The van der Waals surface area contributed by atoms with Crippen molar-refractivity contribution >= 4 is 6.29 Å². The molecule has 17 heavy (non-hydrogen) atoms. The predicted molar refractivity (Wildman–Crippen MR) is 56.7 cm³/mol. The van der Waals surface area contributed by atoms with Crippen LogP contribution in [0.15, 0.2) is 0 Å². The number of nitrogens with zero attached hydrogens (tertiary/aromatic N) is 1. The zero-order valence-corrected chi connectivity index (χ0v) is 9.92. The van der Waals surface area contributed by atoms with Crippen LogP contribution in [0.2, 0.25) is 0 Å². The van der Waals surface area contributed by atoms with Gasteiger partial charge in [-0.1, -0.05) is 6.92 Å². The molecular formula is C11H18F3NO2. The third-order valence-corrected chi connectivity index (χ3v) is 2.99. The minimum absolute atomic E-state index is 0.118. The molecule has 0 spiro atoms. The summed E-state index contributed by atoms with van der Waals surface area (Å²) in [6.07, 6.45) is -2.14. The van der Waals surface area contributed by atoms with Crippen LogP contribution in [0.3, 0.4) is 0 Å². The quantitative estimate of drug-likeness (QED) is 0.700. The largest absolute Gasteiger partial charge is 0.401 e. The van der Waals surface area contributed by atoms with Crippen LogP contribution in [0.5, 0.6) is 0 Å². The Morgan fingerprint density at radius 2 is 2.18 bits per heavy atom. The summed E-state index contributed by atoms with van der Waals surface area (Å²) in [6.45, 7) is 1.89. The van der Waals surface area contributed by atoms with Gasteiger partial charge in [0.25, 0.3) is 0 Å². The Bertz CT molecular complexity index is 250. The van der Waals surface area contributed by atoms with Crippen molar-refractivity contribution in [2.75, 3.05) is 32.8 Å². The third-order valence-electron chi connectivity index (χ3n) is 2.99. The number of carbonyl (C=O) groups excluding carboxylic acids is 1. The van der Waals surface area contributed by atoms with E-state index in [2.05, 4.69) is 0 Å². The van der Waals surface area contributed by atoms with Crippen molar-refractivity contribution in [1.29, 1.82) is 0 Å². The molecule has 100 valence electrons. The minimum Gasteiger partial charge on any atom is -0.380 e. The number of carbonyl (C=O) groups is 1. The van der Waals surface area contributed by atoms with Gasteiger partial charge in [0.05, 0.1) is 18.6 Å². The molecule has 1 aliphatic heterocycles. The van der Waals surface area contributed by atoms with E-state index in [0.717, 1.165) is 12.7 Å². The van der Waals surface area contributed by atoms with Crippen LogP contribution < -0.4 is 0 Å². The van der Waals surface area contributed by atoms with Gasteiger partial charge in [-0.3, -0.25) is 4.90 Å². The van der Waals surface area contributed by atoms with Crippen molar-refractivity contribution in [2.24, 2.45) is 5.41 Å². The lowest BCUT2D eigenvalue weighted by Crippen LogP contribution is -2.46. The Morgan fingerprint density at radius 1 is 1.47 bits per heavy atom. The molecule has 0 amide bonds. The van der Waals surface area contributed by atoms with Crippen molar-refractivity contribution in [3.8, 4) is 0 Å². The van der Waals surface area contributed by atoms with E-state index in [0.29, 0.717) is 13.0 Å². The van der Waals surface area contributed by atoms with E-state index in [-0.39, 0.29) is 19.7 Å². The Labute approximate surface area is 98.9 Å². The first kappa shape index (κ1) is 14.4. The predicted octanol–water partition coefficient (Wildman–Crippen LogP) is 1.87. The average Bonchev–Trinajstić information content (AvgIpc) is 2.27. The van der Waals surface area contributed by atoms with Gasteiger partial charge < -0.3 is 9.53 Å². The molecule has 0 aromatic heterocycles. The van der Waals surface area contributed by atoms with Crippen molar-refractivity contribution in [3.63, 3.8) is 0 Å². The van der Waals surface area contributed by atoms with Gasteiger partial charge in [0.15, 0.2) is 0 Å². The van der Waals surface area contributed by atoms with Gasteiger partial charge in [-0.05, 0) is 19.4 Å². The van der Waals surface area contributed by atoms with Crippen LogP contribution in [0, 0.1) is 5.41 Å². The monoisotopic (exact) mass is 253 g/mol. The lowest BCUT2D eigenvalue weighted by molar-refractivity contribution is -0.154. The van der Waals surface area contributed by atoms with Crippen LogP contribution in [0.25, 0.3) is 0 Å². The first-order valence-electron chi connectivity index (χ1n) is 5.74. The fourth-order valence-electron chi connectivity index (χ4n) is 2.11. The van der Waals surface area contributed by atoms with E-state index < -0.39 is 18.1 Å². The van der Waals surface area contributed by atoms with Crippen LogP contribution in [-0.4, -0.2) is 50.2 Å². The van der Waals surface area contributed by atoms with E-state index in [4.69, 9.17) is 4.74 Å². The smallest absolute Gasteiger partial charge is 0.380 e. The number of ether oxygens (including phenoxy) is 1. The molecule has 0 aromatic rings. The van der Waals surface area contributed by atoms with Gasteiger partial charge in [0, 0.05) is 13.2 Å². The highest BCUT2D eigenvalue weighted by molar-refractivity contribution is 5.60.